The van der Waals surface area contributed by atoms with Gasteiger partial charge in [-0.05, 0) is 29.5 Å². The zero-order valence-corrected chi connectivity index (χ0v) is 18.9. The van der Waals surface area contributed by atoms with E-state index in [4.69, 9.17) is 9.47 Å². The number of ether oxygens (including phenoxy) is 2. The number of carbonyl (C=O) groups excluding carboxylic acids is 1. The Morgan fingerprint density at radius 3 is 2.69 bits per heavy atom. The monoisotopic (exact) mass is 495 g/mol. The molecule has 2 aromatic rings. The molecule has 0 spiro atoms. The predicted molar refractivity (Wildman–Crippen MR) is 117 cm³/mol. The van der Waals surface area contributed by atoms with E-state index in [1.54, 1.807) is 4.57 Å². The Bertz CT molecular complexity index is 1090. The molecule has 3 heterocycles. The molecule has 1 amide bonds. The number of benzene rings is 1. The van der Waals surface area contributed by atoms with Crippen LogP contribution in [-0.4, -0.2) is 68.8 Å². The Balaban J connectivity index is 1.54. The van der Waals surface area contributed by atoms with Gasteiger partial charge in [0.25, 0.3) is 0 Å². The first-order valence-electron chi connectivity index (χ1n) is 10.8. The number of rotatable bonds is 6. The largest absolute Gasteiger partial charge is 0.445 e. The van der Waals surface area contributed by atoms with Crippen molar-refractivity contribution in [2.75, 3.05) is 32.8 Å². The van der Waals surface area contributed by atoms with Gasteiger partial charge in [-0.2, -0.15) is 13.2 Å². The number of fused-ring (bicyclic) bond motifs is 1. The van der Waals surface area contributed by atoms with Crippen LogP contribution >= 0.6 is 0 Å². The standard InChI is InChI=1S/C22H24F3N5O5/c1-3-10-34-20(31)27-8-9-28(17(11-27)15-4-6-16(7-5-15)22(23,24)25)13-21(2)14-29-12-18(30(32)33)26-19(29)35-21/h3-7,12,17H,1,8-11,13-14H2,2H3. The first-order valence-corrected chi connectivity index (χ1v) is 10.8. The first kappa shape index (κ1) is 24.5. The summed E-state index contributed by atoms with van der Waals surface area (Å²) in [6.45, 7) is 7.03. The molecule has 0 bridgehead atoms. The smallest absolute Gasteiger partial charge is 0.416 e. The normalized spacial score (nSPS) is 22.4. The molecular formula is C22H24F3N5O5. The molecule has 2 aliphatic heterocycles. The highest BCUT2D eigenvalue weighted by molar-refractivity contribution is 5.68. The molecule has 35 heavy (non-hydrogen) atoms. The second-order valence-electron chi connectivity index (χ2n) is 8.74. The van der Waals surface area contributed by atoms with Crippen molar-refractivity contribution >= 4 is 11.9 Å². The maximum atomic E-state index is 13.1. The lowest BCUT2D eigenvalue weighted by atomic mass is 9.98. The molecule has 1 aromatic heterocycles. The maximum Gasteiger partial charge on any atom is 0.416 e. The lowest BCUT2D eigenvalue weighted by molar-refractivity contribution is -0.389. The van der Waals surface area contributed by atoms with E-state index in [0.29, 0.717) is 31.7 Å². The van der Waals surface area contributed by atoms with Gasteiger partial charge in [0, 0.05) is 31.2 Å². The highest BCUT2D eigenvalue weighted by Gasteiger charge is 2.44. The van der Waals surface area contributed by atoms with Crippen LogP contribution in [0.4, 0.5) is 23.8 Å². The number of alkyl halides is 3. The lowest BCUT2D eigenvalue weighted by Gasteiger charge is -2.43. The molecule has 0 aliphatic carbocycles. The minimum absolute atomic E-state index is 0.0491. The third-order valence-electron chi connectivity index (χ3n) is 5.99. The summed E-state index contributed by atoms with van der Waals surface area (Å²) in [6.07, 6.45) is -2.23. The summed E-state index contributed by atoms with van der Waals surface area (Å²) in [5.41, 5.74) is -0.939. The third-order valence-corrected chi connectivity index (χ3v) is 5.99. The maximum absolute atomic E-state index is 13.1. The van der Waals surface area contributed by atoms with Crippen molar-refractivity contribution in [1.82, 2.24) is 19.4 Å². The number of nitro groups is 1. The van der Waals surface area contributed by atoms with E-state index in [-0.39, 0.29) is 25.0 Å². The number of nitrogens with zero attached hydrogens (tertiary/aromatic N) is 5. The lowest BCUT2D eigenvalue weighted by Crippen LogP contribution is -2.55. The number of hydrogen-bond acceptors (Lipinski definition) is 7. The summed E-state index contributed by atoms with van der Waals surface area (Å²) >= 11 is 0. The summed E-state index contributed by atoms with van der Waals surface area (Å²) in [5.74, 6) is -0.309. The summed E-state index contributed by atoms with van der Waals surface area (Å²) in [4.78, 5) is 30.2. The number of hydrogen-bond donors (Lipinski definition) is 0. The van der Waals surface area contributed by atoms with Gasteiger partial charge in [-0.15, -0.1) is 0 Å². The van der Waals surface area contributed by atoms with Crippen LogP contribution in [0.1, 0.15) is 24.1 Å². The zero-order chi connectivity index (χ0) is 25.4. The number of amides is 1. The van der Waals surface area contributed by atoms with E-state index in [1.165, 1.54) is 29.3 Å². The number of halogens is 3. The van der Waals surface area contributed by atoms with Crippen LogP contribution in [0.3, 0.4) is 0 Å². The number of carbonyl (C=O) groups is 1. The van der Waals surface area contributed by atoms with Gasteiger partial charge in [-0.3, -0.25) is 9.47 Å². The van der Waals surface area contributed by atoms with Gasteiger partial charge in [-0.25, -0.2) is 4.79 Å². The molecule has 4 rings (SSSR count). The summed E-state index contributed by atoms with van der Waals surface area (Å²) < 4.78 is 51.9. The van der Waals surface area contributed by atoms with Gasteiger partial charge >= 0.3 is 24.1 Å². The average molecular weight is 495 g/mol. The van der Waals surface area contributed by atoms with Gasteiger partial charge in [0.1, 0.15) is 18.4 Å². The Kier molecular flexibility index (Phi) is 6.45. The minimum atomic E-state index is -4.46. The topological polar surface area (TPSA) is 103 Å². The van der Waals surface area contributed by atoms with E-state index in [1.807, 2.05) is 11.8 Å². The molecule has 0 N–H and O–H groups in total. The molecule has 1 fully saturated rings. The molecule has 0 radical (unpaired) electrons. The van der Waals surface area contributed by atoms with Crippen LogP contribution < -0.4 is 4.74 Å². The number of aromatic nitrogens is 2. The number of piperazine rings is 1. The van der Waals surface area contributed by atoms with E-state index in [9.17, 15) is 28.1 Å². The second-order valence-corrected chi connectivity index (χ2v) is 8.74. The molecule has 1 saturated heterocycles. The molecule has 2 aliphatic rings. The van der Waals surface area contributed by atoms with Crippen molar-refractivity contribution in [2.24, 2.45) is 0 Å². The first-order chi connectivity index (χ1) is 16.5. The van der Waals surface area contributed by atoms with Crippen LogP contribution in [0, 0.1) is 10.1 Å². The molecule has 188 valence electrons. The van der Waals surface area contributed by atoms with Crippen LogP contribution in [-0.2, 0) is 17.5 Å². The Morgan fingerprint density at radius 1 is 1.37 bits per heavy atom. The predicted octanol–water partition coefficient (Wildman–Crippen LogP) is 3.64. The summed E-state index contributed by atoms with van der Waals surface area (Å²) in [6, 6.07) is 4.56. The van der Waals surface area contributed by atoms with E-state index in [0.717, 1.165) is 12.1 Å². The van der Waals surface area contributed by atoms with Crippen molar-refractivity contribution < 1.29 is 32.4 Å². The van der Waals surface area contributed by atoms with Crippen molar-refractivity contribution in [1.29, 1.82) is 0 Å². The minimum Gasteiger partial charge on any atom is -0.445 e. The quantitative estimate of drug-likeness (QED) is 0.342. The molecule has 10 nitrogen and oxygen atoms in total. The summed E-state index contributed by atoms with van der Waals surface area (Å²) in [5, 5.41) is 11.0. The molecule has 1 aromatic carbocycles. The van der Waals surface area contributed by atoms with Crippen molar-refractivity contribution in [2.45, 2.75) is 31.3 Å². The fraction of sp³-hybridized carbons (Fsp3) is 0.455. The van der Waals surface area contributed by atoms with Gasteiger partial charge in [0.15, 0.2) is 0 Å². The van der Waals surface area contributed by atoms with E-state index >= 15 is 0 Å². The second kappa shape index (κ2) is 9.21. The zero-order valence-electron chi connectivity index (χ0n) is 18.9. The molecule has 2 atom stereocenters. The van der Waals surface area contributed by atoms with Crippen molar-refractivity contribution in [3.05, 3.63) is 64.4 Å². The average Bonchev–Trinajstić information content (AvgIpc) is 3.32. The van der Waals surface area contributed by atoms with Crippen LogP contribution in [0.25, 0.3) is 0 Å². The van der Waals surface area contributed by atoms with Crippen LogP contribution in [0.2, 0.25) is 0 Å². The fourth-order valence-electron chi connectivity index (χ4n) is 4.40. The highest BCUT2D eigenvalue weighted by Crippen LogP contribution is 2.36. The SMILES string of the molecule is C=CCOC(=O)N1CCN(CC2(C)Cn3cc([N+](=O)[O-])nc3O2)C(c2ccc(C(F)(F)F)cc2)C1. The van der Waals surface area contributed by atoms with Crippen molar-refractivity contribution in [3.8, 4) is 6.01 Å². The van der Waals surface area contributed by atoms with Crippen molar-refractivity contribution in [3.63, 3.8) is 0 Å². The Morgan fingerprint density at radius 2 is 2.09 bits per heavy atom. The molecule has 0 saturated carbocycles. The van der Waals surface area contributed by atoms with Gasteiger partial charge < -0.3 is 24.5 Å². The fourth-order valence-corrected chi connectivity index (χ4v) is 4.40. The van der Waals surface area contributed by atoms with Gasteiger partial charge in [0.2, 0.25) is 0 Å². The van der Waals surface area contributed by atoms with E-state index in [2.05, 4.69) is 11.6 Å². The third kappa shape index (κ3) is 5.24. The van der Waals surface area contributed by atoms with Crippen LogP contribution in [0.15, 0.2) is 43.1 Å². The highest BCUT2D eigenvalue weighted by atomic mass is 19.4. The summed E-state index contributed by atoms with van der Waals surface area (Å²) in [7, 11) is 0. The van der Waals surface area contributed by atoms with Gasteiger partial charge in [-0.1, -0.05) is 24.8 Å². The number of imidazole rings is 1. The molecule has 2 unspecified atom stereocenters. The van der Waals surface area contributed by atoms with Crippen LogP contribution in [0.5, 0.6) is 6.01 Å². The molecule has 13 heteroatoms. The Hall–Kier alpha value is -3.61. The van der Waals surface area contributed by atoms with E-state index < -0.39 is 34.4 Å². The Labute approximate surface area is 198 Å². The van der Waals surface area contributed by atoms with Gasteiger partial charge in [0.05, 0.1) is 18.2 Å². The molecular weight excluding hydrogens is 471 g/mol.